The highest BCUT2D eigenvalue weighted by molar-refractivity contribution is 6.10. The lowest BCUT2D eigenvalue weighted by Gasteiger charge is -2.24. The van der Waals surface area contributed by atoms with E-state index in [2.05, 4.69) is 23.7 Å². The van der Waals surface area contributed by atoms with Crippen molar-refractivity contribution >= 4 is 16.7 Å². The average molecular weight is 324 g/mol. The summed E-state index contributed by atoms with van der Waals surface area (Å²) in [5, 5.41) is 0.998. The van der Waals surface area contributed by atoms with Gasteiger partial charge in [-0.1, -0.05) is 18.2 Å². The number of carbonyl (C=O) groups is 1. The zero-order chi connectivity index (χ0) is 17.3. The Bertz CT molecular complexity index is 858. The Morgan fingerprint density at radius 2 is 1.92 bits per heavy atom. The Morgan fingerprint density at radius 3 is 2.58 bits per heavy atom. The molecular weight excluding hydrogens is 300 g/mol. The molecule has 2 aromatic heterocycles. The molecule has 4 heteroatoms. The summed E-state index contributed by atoms with van der Waals surface area (Å²) < 4.78 is 5.67. The number of aromatic nitrogens is 1. The summed E-state index contributed by atoms with van der Waals surface area (Å²) in [6.45, 7) is 9.11. The van der Waals surface area contributed by atoms with E-state index in [-0.39, 0.29) is 11.8 Å². The number of nitrogens with zero attached hydrogens (tertiary/aromatic N) is 1. The van der Waals surface area contributed by atoms with Crippen molar-refractivity contribution in [1.29, 1.82) is 0 Å². The molecule has 0 unspecified atom stereocenters. The number of fused-ring (bicyclic) bond motifs is 1. The van der Waals surface area contributed by atoms with Crippen LogP contribution in [0.25, 0.3) is 10.9 Å². The highest BCUT2D eigenvalue weighted by Gasteiger charge is 2.21. The van der Waals surface area contributed by atoms with Gasteiger partial charge in [-0.2, -0.15) is 0 Å². The number of carbonyl (C=O) groups excluding carboxylic acids is 1. The van der Waals surface area contributed by atoms with E-state index in [9.17, 15) is 4.79 Å². The van der Waals surface area contributed by atoms with Crippen LogP contribution in [0, 0.1) is 13.8 Å². The lowest BCUT2D eigenvalue weighted by molar-refractivity contribution is 0.0891. The molecule has 0 radical (unpaired) electrons. The fraction of sp³-hybridized carbons (Fsp3) is 0.350. The van der Waals surface area contributed by atoms with Crippen LogP contribution in [0.15, 0.2) is 40.8 Å². The van der Waals surface area contributed by atoms with E-state index in [4.69, 9.17) is 4.42 Å². The van der Waals surface area contributed by atoms with Gasteiger partial charge in [0, 0.05) is 28.2 Å². The first kappa shape index (κ1) is 16.5. The molecule has 0 aliphatic heterocycles. The topological polar surface area (TPSA) is 49.2 Å². The number of para-hydroxylation sites is 1. The zero-order valence-corrected chi connectivity index (χ0v) is 14.7. The maximum Gasteiger partial charge on any atom is 0.179 e. The molecule has 24 heavy (non-hydrogen) atoms. The van der Waals surface area contributed by atoms with Gasteiger partial charge in [-0.05, 0) is 45.9 Å². The van der Waals surface area contributed by atoms with E-state index in [0.29, 0.717) is 13.1 Å². The molecule has 2 heterocycles. The van der Waals surface area contributed by atoms with Gasteiger partial charge >= 0.3 is 0 Å². The van der Waals surface area contributed by atoms with Crippen LogP contribution in [-0.2, 0) is 6.54 Å². The van der Waals surface area contributed by atoms with Gasteiger partial charge in [-0.3, -0.25) is 9.69 Å². The smallest absolute Gasteiger partial charge is 0.179 e. The summed E-state index contributed by atoms with van der Waals surface area (Å²) in [5.74, 6) is 1.93. The number of H-pyrrole nitrogens is 1. The average Bonchev–Trinajstić information content (AvgIpc) is 3.08. The largest absolute Gasteiger partial charge is 0.465 e. The second-order valence-electron chi connectivity index (χ2n) is 6.60. The van der Waals surface area contributed by atoms with Crippen LogP contribution in [-0.4, -0.2) is 28.3 Å². The van der Waals surface area contributed by atoms with Gasteiger partial charge in [0.05, 0.1) is 13.1 Å². The molecule has 0 aliphatic rings. The van der Waals surface area contributed by atoms with Crippen molar-refractivity contribution in [2.24, 2.45) is 0 Å². The van der Waals surface area contributed by atoms with Gasteiger partial charge in [0.1, 0.15) is 11.5 Å². The molecule has 0 saturated carbocycles. The molecule has 0 amide bonds. The third kappa shape index (κ3) is 3.29. The van der Waals surface area contributed by atoms with Crippen LogP contribution >= 0.6 is 0 Å². The van der Waals surface area contributed by atoms with Crippen LogP contribution < -0.4 is 0 Å². The van der Waals surface area contributed by atoms with Crippen molar-refractivity contribution < 1.29 is 9.21 Å². The maximum atomic E-state index is 13.0. The predicted octanol–water partition coefficient (Wildman–Crippen LogP) is 4.47. The summed E-state index contributed by atoms with van der Waals surface area (Å²) in [7, 11) is 0. The third-order valence-corrected chi connectivity index (χ3v) is 4.40. The maximum absolute atomic E-state index is 13.0. The van der Waals surface area contributed by atoms with E-state index in [1.54, 1.807) is 0 Å². The Balaban J connectivity index is 1.83. The Labute approximate surface area is 142 Å². The Kier molecular flexibility index (Phi) is 4.58. The Hall–Kier alpha value is -2.33. The predicted molar refractivity (Wildman–Crippen MR) is 96.4 cm³/mol. The van der Waals surface area contributed by atoms with Crippen LogP contribution in [0.2, 0.25) is 0 Å². The molecule has 3 aromatic rings. The third-order valence-electron chi connectivity index (χ3n) is 4.40. The van der Waals surface area contributed by atoms with Gasteiger partial charge in [-0.25, -0.2) is 0 Å². The second kappa shape index (κ2) is 6.65. The van der Waals surface area contributed by atoms with Crippen molar-refractivity contribution in [1.82, 2.24) is 9.88 Å². The quantitative estimate of drug-likeness (QED) is 0.681. The molecule has 1 N–H and O–H groups in total. The number of aromatic amines is 1. The van der Waals surface area contributed by atoms with Gasteiger partial charge in [0.2, 0.25) is 0 Å². The molecule has 0 spiro atoms. The van der Waals surface area contributed by atoms with Crippen LogP contribution in [0.5, 0.6) is 0 Å². The molecule has 1 aromatic carbocycles. The number of Topliss-reactive ketones (excluding diaryl/α,β-unsaturated/α-hetero) is 1. The van der Waals surface area contributed by atoms with E-state index in [1.165, 1.54) is 0 Å². The number of furan rings is 1. The number of aryl methyl sites for hydroxylation is 2. The molecule has 0 aliphatic carbocycles. The van der Waals surface area contributed by atoms with Gasteiger partial charge in [-0.15, -0.1) is 0 Å². The van der Waals surface area contributed by atoms with E-state index < -0.39 is 0 Å². The van der Waals surface area contributed by atoms with Gasteiger partial charge in [0.15, 0.2) is 5.78 Å². The first-order chi connectivity index (χ1) is 11.5. The molecule has 0 fully saturated rings. The SMILES string of the molecule is Cc1ccc(CN(CC(=O)c2c(C)[nH]c3ccccc23)C(C)C)o1. The Morgan fingerprint density at radius 1 is 1.17 bits per heavy atom. The second-order valence-corrected chi connectivity index (χ2v) is 6.60. The summed E-state index contributed by atoms with van der Waals surface area (Å²) in [6.07, 6.45) is 0. The minimum Gasteiger partial charge on any atom is -0.465 e. The monoisotopic (exact) mass is 324 g/mol. The number of benzene rings is 1. The lowest BCUT2D eigenvalue weighted by Crippen LogP contribution is -2.35. The highest BCUT2D eigenvalue weighted by Crippen LogP contribution is 2.23. The number of hydrogen-bond acceptors (Lipinski definition) is 3. The summed E-state index contributed by atoms with van der Waals surface area (Å²) in [6, 6.07) is 12.1. The van der Waals surface area contributed by atoms with Crippen molar-refractivity contribution in [3.05, 3.63) is 59.2 Å². The lowest BCUT2D eigenvalue weighted by atomic mass is 10.1. The molecule has 126 valence electrons. The molecule has 3 rings (SSSR count). The van der Waals surface area contributed by atoms with Crippen molar-refractivity contribution in [3.8, 4) is 0 Å². The minimum absolute atomic E-state index is 0.141. The molecule has 0 bridgehead atoms. The number of nitrogens with one attached hydrogen (secondary N) is 1. The standard InChI is InChI=1S/C20H24N2O2/c1-13(2)22(11-16-10-9-14(3)24-16)12-19(23)20-15(4)21-18-8-6-5-7-17(18)20/h5-10,13,21H,11-12H2,1-4H3. The number of hydrogen-bond donors (Lipinski definition) is 1. The molecule has 4 nitrogen and oxygen atoms in total. The molecule has 0 atom stereocenters. The number of ketones is 1. The summed E-state index contributed by atoms with van der Waals surface area (Å²) in [4.78, 5) is 18.4. The summed E-state index contributed by atoms with van der Waals surface area (Å²) in [5.41, 5.74) is 2.74. The number of rotatable bonds is 6. The zero-order valence-electron chi connectivity index (χ0n) is 14.7. The normalized spacial score (nSPS) is 11.8. The van der Waals surface area contributed by atoms with Crippen molar-refractivity contribution in [2.45, 2.75) is 40.3 Å². The highest BCUT2D eigenvalue weighted by atomic mass is 16.3. The van der Waals surface area contributed by atoms with Gasteiger partial charge in [0.25, 0.3) is 0 Å². The summed E-state index contributed by atoms with van der Waals surface area (Å²) >= 11 is 0. The van der Waals surface area contributed by atoms with E-state index >= 15 is 0 Å². The van der Waals surface area contributed by atoms with E-state index in [0.717, 1.165) is 33.7 Å². The van der Waals surface area contributed by atoms with Crippen LogP contribution in [0.4, 0.5) is 0 Å². The van der Waals surface area contributed by atoms with Crippen molar-refractivity contribution in [2.75, 3.05) is 6.54 Å². The molecule has 0 saturated heterocycles. The van der Waals surface area contributed by atoms with Gasteiger partial charge < -0.3 is 9.40 Å². The van der Waals surface area contributed by atoms with Crippen molar-refractivity contribution in [3.63, 3.8) is 0 Å². The van der Waals surface area contributed by atoms with Crippen LogP contribution in [0.3, 0.4) is 0 Å². The first-order valence-corrected chi connectivity index (χ1v) is 8.35. The fourth-order valence-corrected chi connectivity index (χ4v) is 3.09. The molecular formula is C20H24N2O2. The first-order valence-electron chi connectivity index (χ1n) is 8.35. The minimum atomic E-state index is 0.141. The fourth-order valence-electron chi connectivity index (χ4n) is 3.09. The van der Waals surface area contributed by atoms with E-state index in [1.807, 2.05) is 50.2 Å². The van der Waals surface area contributed by atoms with Crippen LogP contribution in [0.1, 0.15) is 41.4 Å².